The molecule has 0 spiro atoms. The summed E-state index contributed by atoms with van der Waals surface area (Å²) in [5.41, 5.74) is 0.915. The van der Waals surface area contributed by atoms with Crippen LogP contribution in [-0.2, 0) is 4.79 Å². The number of methoxy groups -OCH3 is 1. The van der Waals surface area contributed by atoms with E-state index in [1.165, 1.54) is 7.22 Å². The number of rotatable bonds is 5. The second-order valence-electron chi connectivity index (χ2n) is 4.03. The molecule has 0 unspecified atom stereocenters. The van der Waals surface area contributed by atoms with Crippen molar-refractivity contribution in [1.29, 1.82) is 0 Å². The molecule has 0 aliphatic heterocycles. The van der Waals surface area contributed by atoms with Gasteiger partial charge in [-0.2, -0.15) is 0 Å². The third-order valence-electron chi connectivity index (χ3n) is 2.55. The Morgan fingerprint density at radius 3 is 2.55 bits per heavy atom. The Morgan fingerprint density at radius 1 is 1.15 bits per heavy atom. The Balaban J connectivity index is 2.16. The third kappa shape index (κ3) is 4.41. The molecule has 0 saturated heterocycles. The van der Waals surface area contributed by atoms with E-state index in [4.69, 9.17) is 9.84 Å². The third-order valence-corrected chi connectivity index (χ3v) is 5.35. The van der Waals surface area contributed by atoms with Gasteiger partial charge in [0.1, 0.15) is 0 Å². The Kier molecular flexibility index (Phi) is 5.23. The summed E-state index contributed by atoms with van der Waals surface area (Å²) in [5, 5.41) is 8.64. The summed E-state index contributed by atoms with van der Waals surface area (Å²) in [5.74, 6) is -0.0609. The van der Waals surface area contributed by atoms with Crippen molar-refractivity contribution < 1.29 is 14.6 Å². The first-order valence-corrected chi connectivity index (χ1v) is 8.33. The van der Waals surface area contributed by atoms with Crippen LogP contribution in [-0.4, -0.2) is 39.1 Å². The van der Waals surface area contributed by atoms with Crippen LogP contribution in [0.5, 0.6) is 5.75 Å². The van der Waals surface area contributed by atoms with Crippen molar-refractivity contribution in [1.82, 2.24) is 0 Å². The number of carbonyl (C=O) groups is 1. The van der Waals surface area contributed by atoms with E-state index in [1.54, 1.807) is 13.2 Å². The summed E-state index contributed by atoms with van der Waals surface area (Å²) in [6.45, 7) is 0. The number of ether oxygens (including phenoxy) is 1. The minimum absolute atomic E-state index is 0.496. The molecular weight excluding hydrogens is 368 g/mol. The van der Waals surface area contributed by atoms with Crippen LogP contribution in [0.3, 0.4) is 0 Å². The molecule has 2 rings (SSSR count). The molecule has 20 heavy (non-hydrogen) atoms. The van der Waals surface area contributed by atoms with Crippen LogP contribution >= 0.6 is 0 Å². The van der Waals surface area contributed by atoms with Crippen molar-refractivity contribution in [3.63, 3.8) is 0 Å². The summed E-state index contributed by atoms with van der Waals surface area (Å²) in [6, 6.07) is 16.1. The maximum atomic E-state index is 10.5. The van der Waals surface area contributed by atoms with Crippen molar-refractivity contribution in [3.8, 4) is 5.75 Å². The van der Waals surface area contributed by atoms with Gasteiger partial charge >= 0.3 is 128 Å². The van der Waals surface area contributed by atoms with Crippen LogP contribution in [0.15, 0.2) is 54.6 Å². The van der Waals surface area contributed by atoms with E-state index in [-0.39, 0.29) is 0 Å². The standard InChI is InChI=1S/C16H14O3Te/c1-19-13-5-3-7-15(11-13)20-14-6-2-4-12(10-14)8-9-16(17)18/h2-11H,1H3,(H,17,18)/b9-8-. The van der Waals surface area contributed by atoms with Gasteiger partial charge in [0.25, 0.3) is 0 Å². The van der Waals surface area contributed by atoms with Crippen LogP contribution < -0.4 is 12.0 Å². The first-order chi connectivity index (χ1) is 9.67. The van der Waals surface area contributed by atoms with Crippen LogP contribution in [0.4, 0.5) is 0 Å². The van der Waals surface area contributed by atoms with Crippen molar-refractivity contribution in [2.45, 2.75) is 0 Å². The van der Waals surface area contributed by atoms with Gasteiger partial charge in [-0.15, -0.1) is 0 Å². The Hall–Kier alpha value is -1.76. The zero-order valence-corrected chi connectivity index (χ0v) is 13.3. The number of benzene rings is 2. The molecule has 0 saturated carbocycles. The van der Waals surface area contributed by atoms with E-state index >= 15 is 0 Å². The van der Waals surface area contributed by atoms with Gasteiger partial charge in [0.05, 0.1) is 0 Å². The molecular formula is C16H14O3Te. The van der Waals surface area contributed by atoms with Crippen molar-refractivity contribution in [2.24, 2.45) is 0 Å². The van der Waals surface area contributed by atoms with Gasteiger partial charge in [-0.25, -0.2) is 0 Å². The Labute approximate surface area is 128 Å². The number of hydrogen-bond acceptors (Lipinski definition) is 2. The fourth-order valence-corrected chi connectivity index (χ4v) is 4.32. The number of aliphatic carboxylic acids is 1. The molecule has 102 valence electrons. The summed E-state index contributed by atoms with van der Waals surface area (Å²) in [7, 11) is 1.66. The number of carboxylic acids is 1. The maximum absolute atomic E-state index is 10.5. The summed E-state index contributed by atoms with van der Waals surface area (Å²) in [6.07, 6.45) is 2.77. The quantitative estimate of drug-likeness (QED) is 0.630. The monoisotopic (exact) mass is 384 g/mol. The van der Waals surface area contributed by atoms with Gasteiger partial charge in [0.15, 0.2) is 0 Å². The molecule has 0 amide bonds. The van der Waals surface area contributed by atoms with E-state index < -0.39 is 26.9 Å². The van der Waals surface area contributed by atoms with Crippen LogP contribution in [0, 0.1) is 0 Å². The summed E-state index contributed by atoms with van der Waals surface area (Å²) in [4.78, 5) is 10.5. The van der Waals surface area contributed by atoms with Gasteiger partial charge < -0.3 is 0 Å². The molecule has 0 bridgehead atoms. The summed E-state index contributed by atoms with van der Waals surface area (Å²) >= 11 is -0.496. The van der Waals surface area contributed by atoms with Crippen molar-refractivity contribution in [2.75, 3.05) is 7.11 Å². The normalized spacial score (nSPS) is 10.7. The van der Waals surface area contributed by atoms with Gasteiger partial charge in [-0.3, -0.25) is 0 Å². The van der Waals surface area contributed by atoms with E-state index in [9.17, 15) is 4.79 Å². The van der Waals surface area contributed by atoms with E-state index in [2.05, 4.69) is 18.2 Å². The van der Waals surface area contributed by atoms with E-state index in [0.29, 0.717) is 0 Å². The zero-order valence-electron chi connectivity index (χ0n) is 10.9. The molecule has 3 nitrogen and oxygen atoms in total. The average molecular weight is 382 g/mol. The fourth-order valence-electron chi connectivity index (χ4n) is 1.65. The first-order valence-electron chi connectivity index (χ1n) is 6.00. The van der Waals surface area contributed by atoms with Gasteiger partial charge in [-0.05, 0) is 0 Å². The first kappa shape index (κ1) is 14.6. The molecule has 0 fully saturated rings. The molecule has 0 radical (unpaired) electrons. The van der Waals surface area contributed by atoms with Crippen LogP contribution in [0.25, 0.3) is 6.08 Å². The minimum atomic E-state index is -0.931. The Morgan fingerprint density at radius 2 is 1.85 bits per heavy atom. The summed E-state index contributed by atoms with van der Waals surface area (Å²) < 4.78 is 7.77. The molecule has 2 aromatic rings. The molecule has 0 heterocycles. The van der Waals surface area contributed by atoms with E-state index in [0.717, 1.165) is 17.4 Å². The molecule has 0 aliphatic carbocycles. The molecule has 0 atom stereocenters. The van der Waals surface area contributed by atoms with Crippen LogP contribution in [0.2, 0.25) is 0 Å². The SMILES string of the molecule is COc1cccc([Te]c2cccc(/C=C\C(=O)O)c2)c1. The predicted octanol–water partition coefficient (Wildman–Crippen LogP) is 1.45. The van der Waals surface area contributed by atoms with Gasteiger partial charge in [-0.1, -0.05) is 0 Å². The van der Waals surface area contributed by atoms with Crippen molar-refractivity contribution in [3.05, 3.63) is 60.2 Å². The van der Waals surface area contributed by atoms with Crippen molar-refractivity contribution >= 4 is 40.2 Å². The van der Waals surface area contributed by atoms with E-state index in [1.807, 2.05) is 30.3 Å². The second kappa shape index (κ2) is 7.14. The number of hydrogen-bond donors (Lipinski definition) is 1. The van der Waals surface area contributed by atoms with Gasteiger partial charge in [0.2, 0.25) is 0 Å². The van der Waals surface area contributed by atoms with Crippen LogP contribution in [0.1, 0.15) is 5.56 Å². The molecule has 2 aromatic carbocycles. The topological polar surface area (TPSA) is 46.5 Å². The molecule has 4 heteroatoms. The zero-order chi connectivity index (χ0) is 14.4. The molecule has 0 aromatic heterocycles. The molecule has 0 aliphatic rings. The second-order valence-corrected chi connectivity index (χ2v) is 7.30. The van der Waals surface area contributed by atoms with Gasteiger partial charge in [0, 0.05) is 0 Å². The fraction of sp³-hybridized carbons (Fsp3) is 0.0625. The predicted molar refractivity (Wildman–Crippen MR) is 81.1 cm³/mol. The number of carboxylic acid groups (broad SMARTS) is 1. The average Bonchev–Trinajstić information content (AvgIpc) is 2.46. The molecule has 1 N–H and O–H groups in total. The Bertz CT molecular complexity index is 635.